The monoisotopic (exact) mass is 208 g/mol. The van der Waals surface area contributed by atoms with E-state index < -0.39 is 0 Å². The second kappa shape index (κ2) is 5.34. The number of hydrogen-bond acceptors (Lipinski definition) is 2. The first-order valence-corrected chi connectivity index (χ1v) is 5.06. The van der Waals surface area contributed by atoms with Crippen molar-refractivity contribution in [2.75, 3.05) is 6.54 Å². The average molecular weight is 208 g/mol. The summed E-state index contributed by atoms with van der Waals surface area (Å²) in [4.78, 5) is 25.5. The fourth-order valence-corrected chi connectivity index (χ4v) is 1.16. The van der Waals surface area contributed by atoms with Crippen LogP contribution in [0.5, 0.6) is 0 Å². The number of pyridine rings is 1. The molecule has 0 saturated carbocycles. The molecule has 0 atom stereocenters. The zero-order valence-electron chi connectivity index (χ0n) is 9.04. The van der Waals surface area contributed by atoms with E-state index >= 15 is 0 Å². The van der Waals surface area contributed by atoms with E-state index in [-0.39, 0.29) is 16.9 Å². The number of hydrogen-bond donors (Lipinski definition) is 2. The molecule has 1 amide bonds. The van der Waals surface area contributed by atoms with Gasteiger partial charge < -0.3 is 10.3 Å². The molecule has 0 saturated heterocycles. The third-order valence-corrected chi connectivity index (χ3v) is 2.08. The summed E-state index contributed by atoms with van der Waals surface area (Å²) in [5.41, 5.74) is -0.0861. The summed E-state index contributed by atoms with van der Waals surface area (Å²) in [6.07, 6.45) is 3.84. The average Bonchev–Trinajstić information content (AvgIpc) is 2.17. The maximum atomic E-state index is 11.5. The van der Waals surface area contributed by atoms with Crippen LogP contribution in [0.15, 0.2) is 23.3 Å². The molecule has 0 aliphatic carbocycles. The standard InChI is InChI=1S/C11H16N2O2/c1-8(2)3-6-13-11(15)9-7-12-5-4-10(9)14/h4-5,7-8H,3,6H2,1-2H3,(H,12,14)(H,13,15). The van der Waals surface area contributed by atoms with Crippen molar-refractivity contribution in [3.63, 3.8) is 0 Å². The van der Waals surface area contributed by atoms with Gasteiger partial charge in [-0.25, -0.2) is 0 Å². The first-order valence-electron chi connectivity index (χ1n) is 5.06. The van der Waals surface area contributed by atoms with Gasteiger partial charge >= 0.3 is 0 Å². The van der Waals surface area contributed by atoms with Crippen molar-refractivity contribution < 1.29 is 4.79 Å². The minimum absolute atomic E-state index is 0.168. The maximum Gasteiger partial charge on any atom is 0.256 e. The van der Waals surface area contributed by atoms with Crippen LogP contribution in [0.25, 0.3) is 0 Å². The Balaban J connectivity index is 2.55. The molecular formula is C11H16N2O2. The Kier molecular flexibility index (Phi) is 4.09. The number of amides is 1. The second-order valence-corrected chi connectivity index (χ2v) is 3.86. The van der Waals surface area contributed by atoms with Gasteiger partial charge in [0, 0.05) is 25.0 Å². The molecule has 82 valence electrons. The van der Waals surface area contributed by atoms with Crippen molar-refractivity contribution in [2.24, 2.45) is 5.92 Å². The molecule has 4 heteroatoms. The molecular weight excluding hydrogens is 192 g/mol. The molecule has 0 aliphatic rings. The minimum Gasteiger partial charge on any atom is -0.367 e. The summed E-state index contributed by atoms with van der Waals surface area (Å²) in [5, 5.41) is 2.71. The molecule has 0 spiro atoms. The first kappa shape index (κ1) is 11.5. The van der Waals surface area contributed by atoms with Crippen LogP contribution in [0.3, 0.4) is 0 Å². The molecule has 0 unspecified atom stereocenters. The fourth-order valence-electron chi connectivity index (χ4n) is 1.16. The van der Waals surface area contributed by atoms with Crippen molar-refractivity contribution in [3.05, 3.63) is 34.2 Å². The van der Waals surface area contributed by atoms with Crippen molar-refractivity contribution in [1.82, 2.24) is 10.3 Å². The van der Waals surface area contributed by atoms with E-state index in [9.17, 15) is 9.59 Å². The van der Waals surface area contributed by atoms with Crippen LogP contribution < -0.4 is 10.7 Å². The molecule has 1 rings (SSSR count). The van der Waals surface area contributed by atoms with Gasteiger partial charge in [0.25, 0.3) is 5.91 Å². The van der Waals surface area contributed by atoms with E-state index in [0.29, 0.717) is 12.5 Å². The number of H-pyrrole nitrogens is 1. The molecule has 2 N–H and O–H groups in total. The van der Waals surface area contributed by atoms with Gasteiger partial charge in [-0.1, -0.05) is 13.8 Å². The van der Waals surface area contributed by atoms with Gasteiger partial charge in [-0.3, -0.25) is 9.59 Å². The Morgan fingerprint density at radius 3 is 2.87 bits per heavy atom. The van der Waals surface area contributed by atoms with Gasteiger partial charge in [0.2, 0.25) is 0 Å². The topological polar surface area (TPSA) is 62.0 Å². The Morgan fingerprint density at radius 2 is 2.27 bits per heavy atom. The van der Waals surface area contributed by atoms with E-state index in [1.54, 1.807) is 0 Å². The molecule has 0 radical (unpaired) electrons. The van der Waals surface area contributed by atoms with Gasteiger partial charge in [0.05, 0.1) is 0 Å². The summed E-state index contributed by atoms with van der Waals surface area (Å²) in [6.45, 7) is 4.77. The number of carbonyl (C=O) groups excluding carboxylic acids is 1. The van der Waals surface area contributed by atoms with Crippen LogP contribution in [0.4, 0.5) is 0 Å². The molecule has 1 aromatic heterocycles. The highest BCUT2D eigenvalue weighted by Crippen LogP contribution is 1.97. The lowest BCUT2D eigenvalue weighted by atomic mass is 10.1. The van der Waals surface area contributed by atoms with E-state index in [1.165, 1.54) is 18.5 Å². The smallest absolute Gasteiger partial charge is 0.256 e. The lowest BCUT2D eigenvalue weighted by Crippen LogP contribution is -2.29. The normalized spacial score (nSPS) is 10.3. The summed E-state index contributed by atoms with van der Waals surface area (Å²) in [7, 11) is 0. The SMILES string of the molecule is CC(C)CCNC(=O)c1c[nH]ccc1=O. The van der Waals surface area contributed by atoms with E-state index in [1.807, 2.05) is 0 Å². The first-order chi connectivity index (χ1) is 7.11. The molecule has 15 heavy (non-hydrogen) atoms. The molecule has 0 aromatic carbocycles. The van der Waals surface area contributed by atoms with Gasteiger partial charge in [0.1, 0.15) is 5.56 Å². The number of nitrogens with one attached hydrogen (secondary N) is 2. The van der Waals surface area contributed by atoms with Crippen LogP contribution in [0.2, 0.25) is 0 Å². The fraction of sp³-hybridized carbons (Fsp3) is 0.455. The lowest BCUT2D eigenvalue weighted by molar-refractivity contribution is 0.0950. The minimum atomic E-state index is -0.308. The summed E-state index contributed by atoms with van der Waals surface area (Å²) < 4.78 is 0. The Hall–Kier alpha value is -1.58. The number of rotatable bonds is 4. The van der Waals surface area contributed by atoms with Crippen LogP contribution in [-0.4, -0.2) is 17.4 Å². The Bertz CT molecular complexity index is 382. The van der Waals surface area contributed by atoms with Crippen molar-refractivity contribution >= 4 is 5.91 Å². The van der Waals surface area contributed by atoms with E-state index in [2.05, 4.69) is 24.1 Å². The third-order valence-electron chi connectivity index (χ3n) is 2.08. The van der Waals surface area contributed by atoms with Crippen molar-refractivity contribution in [2.45, 2.75) is 20.3 Å². The Morgan fingerprint density at radius 1 is 1.53 bits per heavy atom. The zero-order chi connectivity index (χ0) is 11.3. The van der Waals surface area contributed by atoms with Gasteiger partial charge in [-0.05, 0) is 12.3 Å². The van der Waals surface area contributed by atoms with E-state index in [0.717, 1.165) is 6.42 Å². The molecule has 0 aliphatic heterocycles. The van der Waals surface area contributed by atoms with Crippen LogP contribution >= 0.6 is 0 Å². The second-order valence-electron chi connectivity index (χ2n) is 3.86. The summed E-state index contributed by atoms with van der Waals surface area (Å²) in [5.74, 6) is 0.233. The predicted octanol–water partition coefficient (Wildman–Crippen LogP) is 1.15. The molecule has 1 heterocycles. The maximum absolute atomic E-state index is 11.5. The van der Waals surface area contributed by atoms with Gasteiger partial charge in [0.15, 0.2) is 5.43 Å². The summed E-state index contributed by atoms with van der Waals surface area (Å²) in [6, 6.07) is 1.34. The number of carbonyl (C=O) groups is 1. The molecule has 4 nitrogen and oxygen atoms in total. The van der Waals surface area contributed by atoms with Crippen LogP contribution in [0.1, 0.15) is 30.6 Å². The molecule has 0 bridgehead atoms. The van der Waals surface area contributed by atoms with Crippen molar-refractivity contribution in [1.29, 1.82) is 0 Å². The molecule has 0 fully saturated rings. The zero-order valence-corrected chi connectivity index (χ0v) is 9.04. The largest absolute Gasteiger partial charge is 0.367 e. The molecule has 1 aromatic rings. The summed E-state index contributed by atoms with van der Waals surface area (Å²) >= 11 is 0. The van der Waals surface area contributed by atoms with Crippen LogP contribution in [0, 0.1) is 5.92 Å². The highest BCUT2D eigenvalue weighted by atomic mass is 16.2. The van der Waals surface area contributed by atoms with Crippen molar-refractivity contribution in [3.8, 4) is 0 Å². The quantitative estimate of drug-likeness (QED) is 0.779. The van der Waals surface area contributed by atoms with E-state index in [4.69, 9.17) is 0 Å². The number of aromatic amines is 1. The van der Waals surface area contributed by atoms with Gasteiger partial charge in [-0.2, -0.15) is 0 Å². The Labute approximate surface area is 88.7 Å². The highest BCUT2D eigenvalue weighted by Gasteiger charge is 2.08. The lowest BCUT2D eigenvalue weighted by Gasteiger charge is -2.06. The van der Waals surface area contributed by atoms with Gasteiger partial charge in [-0.15, -0.1) is 0 Å². The highest BCUT2D eigenvalue weighted by molar-refractivity contribution is 5.93. The van der Waals surface area contributed by atoms with Crippen LogP contribution in [-0.2, 0) is 0 Å². The number of aromatic nitrogens is 1. The third kappa shape index (κ3) is 3.58. The predicted molar refractivity (Wildman–Crippen MR) is 58.9 cm³/mol.